The standard InChI is InChI=1S/C23H18FN3O4/c24-17-6-15(22-16(7-17)11-30-12-31-22)10-27-20-9-14(13-2-1-3-18(25)8-13)4-5-19(20)21(26-29)23(27)28/h1-9,29H,10-12,25H2/b26-21-. The molecule has 7 nitrogen and oxygen atoms in total. The lowest BCUT2D eigenvalue weighted by Crippen LogP contribution is -2.30. The Morgan fingerprint density at radius 1 is 1.13 bits per heavy atom. The molecule has 5 rings (SSSR count). The van der Waals surface area contributed by atoms with Crippen molar-refractivity contribution in [2.75, 3.05) is 17.4 Å². The number of benzene rings is 3. The number of nitrogens with two attached hydrogens (primary N) is 1. The van der Waals surface area contributed by atoms with Crippen LogP contribution in [0.3, 0.4) is 0 Å². The largest absolute Gasteiger partial charge is 0.467 e. The summed E-state index contributed by atoms with van der Waals surface area (Å²) in [6.07, 6.45) is 0. The second-order valence-corrected chi connectivity index (χ2v) is 7.36. The van der Waals surface area contributed by atoms with E-state index in [0.717, 1.165) is 11.1 Å². The van der Waals surface area contributed by atoms with Gasteiger partial charge in [0.2, 0.25) is 0 Å². The van der Waals surface area contributed by atoms with Crippen LogP contribution in [0.25, 0.3) is 11.1 Å². The van der Waals surface area contributed by atoms with Gasteiger partial charge in [0.05, 0.1) is 18.8 Å². The predicted molar refractivity (Wildman–Crippen MR) is 112 cm³/mol. The number of fused-ring (bicyclic) bond motifs is 2. The smallest absolute Gasteiger partial charge is 0.281 e. The molecule has 2 heterocycles. The molecule has 2 aliphatic rings. The van der Waals surface area contributed by atoms with Crippen LogP contribution in [0.2, 0.25) is 0 Å². The number of anilines is 2. The van der Waals surface area contributed by atoms with E-state index < -0.39 is 11.7 Å². The van der Waals surface area contributed by atoms with Crippen LogP contribution in [0.15, 0.2) is 59.8 Å². The quantitative estimate of drug-likeness (QED) is 0.384. The van der Waals surface area contributed by atoms with Crippen LogP contribution in [0.1, 0.15) is 16.7 Å². The van der Waals surface area contributed by atoms with E-state index in [-0.39, 0.29) is 25.7 Å². The highest BCUT2D eigenvalue weighted by Crippen LogP contribution is 2.37. The normalized spacial score (nSPS) is 16.2. The first kappa shape index (κ1) is 19.1. The van der Waals surface area contributed by atoms with Gasteiger partial charge in [0.15, 0.2) is 12.5 Å². The minimum atomic E-state index is -0.479. The van der Waals surface area contributed by atoms with Gasteiger partial charge in [0.25, 0.3) is 5.91 Å². The van der Waals surface area contributed by atoms with Crippen LogP contribution in [-0.4, -0.2) is 23.6 Å². The van der Waals surface area contributed by atoms with Crippen LogP contribution >= 0.6 is 0 Å². The van der Waals surface area contributed by atoms with Crippen molar-refractivity contribution in [3.63, 3.8) is 0 Å². The molecule has 0 unspecified atom stereocenters. The number of amides is 1. The Bertz CT molecular complexity index is 1240. The highest BCUT2D eigenvalue weighted by molar-refractivity contribution is 6.54. The molecule has 3 aromatic carbocycles. The van der Waals surface area contributed by atoms with E-state index in [9.17, 15) is 14.4 Å². The molecule has 0 bridgehead atoms. The summed E-state index contributed by atoms with van der Waals surface area (Å²) in [5.41, 5.74) is 10.3. The minimum Gasteiger partial charge on any atom is -0.467 e. The Kier molecular flexibility index (Phi) is 4.56. The number of oxime groups is 1. The van der Waals surface area contributed by atoms with Gasteiger partial charge in [-0.1, -0.05) is 23.4 Å². The number of rotatable bonds is 3. The fourth-order valence-corrected chi connectivity index (χ4v) is 4.00. The lowest BCUT2D eigenvalue weighted by Gasteiger charge is -2.24. The summed E-state index contributed by atoms with van der Waals surface area (Å²) in [6, 6.07) is 15.5. The van der Waals surface area contributed by atoms with Crippen LogP contribution in [0, 0.1) is 5.82 Å². The average molecular weight is 419 g/mol. The summed E-state index contributed by atoms with van der Waals surface area (Å²) in [4.78, 5) is 14.5. The number of nitrogens with zero attached hydrogens (tertiary/aromatic N) is 2. The number of ether oxygens (including phenoxy) is 2. The number of carbonyl (C=O) groups excluding carboxylic acids is 1. The molecule has 1 amide bonds. The number of nitrogen functional groups attached to an aromatic ring is 1. The summed E-state index contributed by atoms with van der Waals surface area (Å²) in [7, 11) is 0. The van der Waals surface area contributed by atoms with E-state index in [4.69, 9.17) is 15.2 Å². The fourth-order valence-electron chi connectivity index (χ4n) is 4.00. The average Bonchev–Trinajstić information content (AvgIpc) is 3.03. The molecule has 3 N–H and O–H groups in total. The predicted octanol–water partition coefficient (Wildman–Crippen LogP) is 3.67. The third-order valence-corrected chi connectivity index (χ3v) is 5.39. The van der Waals surface area contributed by atoms with E-state index in [1.807, 2.05) is 30.3 Å². The molecule has 31 heavy (non-hydrogen) atoms. The molecule has 3 aromatic rings. The summed E-state index contributed by atoms with van der Waals surface area (Å²) in [6.45, 7) is 0.331. The van der Waals surface area contributed by atoms with Crippen molar-refractivity contribution in [2.45, 2.75) is 13.2 Å². The second kappa shape index (κ2) is 7.41. The van der Waals surface area contributed by atoms with Gasteiger partial charge in [0.1, 0.15) is 11.6 Å². The zero-order valence-corrected chi connectivity index (χ0v) is 16.3. The molecule has 0 aromatic heterocycles. The zero-order chi connectivity index (χ0) is 21.5. The van der Waals surface area contributed by atoms with Crippen molar-refractivity contribution in [3.8, 4) is 16.9 Å². The van der Waals surface area contributed by atoms with Crippen molar-refractivity contribution in [3.05, 3.63) is 77.1 Å². The van der Waals surface area contributed by atoms with Crippen molar-refractivity contribution in [1.82, 2.24) is 0 Å². The van der Waals surface area contributed by atoms with Crippen molar-refractivity contribution in [2.24, 2.45) is 5.16 Å². The third-order valence-electron chi connectivity index (χ3n) is 5.39. The monoisotopic (exact) mass is 419 g/mol. The number of halogens is 1. The Morgan fingerprint density at radius 2 is 1.97 bits per heavy atom. The molecule has 8 heteroatoms. The molecule has 2 aliphatic heterocycles. The molecule has 0 atom stereocenters. The van der Waals surface area contributed by atoms with E-state index in [1.165, 1.54) is 17.0 Å². The number of hydrogen-bond acceptors (Lipinski definition) is 6. The first-order valence-corrected chi connectivity index (χ1v) is 9.61. The topological polar surface area (TPSA) is 97.4 Å². The Labute approximate surface area is 177 Å². The Balaban J connectivity index is 1.59. The molecular formula is C23H18FN3O4. The lowest BCUT2D eigenvalue weighted by molar-refractivity contribution is -0.112. The fraction of sp³-hybridized carbons (Fsp3) is 0.130. The van der Waals surface area contributed by atoms with Crippen LogP contribution in [0.4, 0.5) is 15.8 Å². The van der Waals surface area contributed by atoms with E-state index in [0.29, 0.717) is 33.8 Å². The first-order chi connectivity index (χ1) is 15.0. The van der Waals surface area contributed by atoms with Crippen LogP contribution in [0.5, 0.6) is 5.75 Å². The maximum atomic E-state index is 14.2. The Hall–Kier alpha value is -3.91. The van der Waals surface area contributed by atoms with Gasteiger partial charge in [-0.05, 0) is 47.5 Å². The van der Waals surface area contributed by atoms with Crippen molar-refractivity contribution < 1.29 is 23.9 Å². The van der Waals surface area contributed by atoms with Gasteiger partial charge >= 0.3 is 0 Å². The molecule has 0 fully saturated rings. The number of carbonyl (C=O) groups is 1. The molecule has 156 valence electrons. The van der Waals surface area contributed by atoms with Gasteiger partial charge in [0, 0.05) is 22.4 Å². The van der Waals surface area contributed by atoms with Crippen molar-refractivity contribution in [1.29, 1.82) is 0 Å². The van der Waals surface area contributed by atoms with Gasteiger partial charge in [-0.3, -0.25) is 4.79 Å². The van der Waals surface area contributed by atoms with Gasteiger partial charge in [-0.2, -0.15) is 0 Å². The lowest BCUT2D eigenvalue weighted by atomic mass is 10.0. The maximum absolute atomic E-state index is 14.2. The summed E-state index contributed by atoms with van der Waals surface area (Å²) < 4.78 is 25.0. The second-order valence-electron chi connectivity index (χ2n) is 7.36. The van der Waals surface area contributed by atoms with Crippen LogP contribution in [-0.2, 0) is 22.7 Å². The SMILES string of the molecule is Nc1cccc(-c2ccc3c(c2)N(Cc2cc(F)cc4c2OCOC4)C(=O)/C3=N\O)c1. The van der Waals surface area contributed by atoms with Gasteiger partial charge in [-0.25, -0.2) is 4.39 Å². The molecule has 0 spiro atoms. The highest BCUT2D eigenvalue weighted by Gasteiger charge is 2.36. The van der Waals surface area contributed by atoms with E-state index >= 15 is 0 Å². The zero-order valence-electron chi connectivity index (χ0n) is 16.3. The highest BCUT2D eigenvalue weighted by atomic mass is 19.1. The van der Waals surface area contributed by atoms with E-state index in [1.54, 1.807) is 12.1 Å². The summed E-state index contributed by atoms with van der Waals surface area (Å²) in [5, 5.41) is 12.7. The molecular weight excluding hydrogens is 401 g/mol. The minimum absolute atomic E-state index is 0.0470. The molecule has 0 saturated heterocycles. The summed E-state index contributed by atoms with van der Waals surface area (Å²) in [5.74, 6) is -0.421. The molecule has 0 radical (unpaired) electrons. The van der Waals surface area contributed by atoms with Gasteiger partial charge < -0.3 is 25.3 Å². The van der Waals surface area contributed by atoms with Crippen molar-refractivity contribution >= 4 is 23.0 Å². The number of hydrogen-bond donors (Lipinski definition) is 2. The third kappa shape index (κ3) is 3.27. The Morgan fingerprint density at radius 3 is 2.77 bits per heavy atom. The first-order valence-electron chi connectivity index (χ1n) is 9.61. The van der Waals surface area contributed by atoms with Crippen LogP contribution < -0.4 is 15.4 Å². The summed E-state index contributed by atoms with van der Waals surface area (Å²) >= 11 is 0. The maximum Gasteiger partial charge on any atom is 0.281 e. The van der Waals surface area contributed by atoms with Gasteiger partial charge in [-0.15, -0.1) is 0 Å². The molecule has 0 aliphatic carbocycles. The van der Waals surface area contributed by atoms with E-state index in [2.05, 4.69) is 5.16 Å². The molecule has 0 saturated carbocycles.